The van der Waals surface area contributed by atoms with Gasteiger partial charge >= 0.3 is 5.69 Å². The van der Waals surface area contributed by atoms with Crippen molar-refractivity contribution in [1.82, 2.24) is 19.5 Å². The van der Waals surface area contributed by atoms with E-state index in [1.165, 1.54) is 4.57 Å². The number of nitrogens with one attached hydrogen (secondary N) is 1. The molecule has 2 aromatic heterocycles. The molecule has 2 heterocycles. The van der Waals surface area contributed by atoms with Crippen molar-refractivity contribution in [3.8, 4) is 34.3 Å². The highest BCUT2D eigenvalue weighted by Crippen LogP contribution is 2.38. The van der Waals surface area contributed by atoms with Gasteiger partial charge < -0.3 is 18.9 Å². The second kappa shape index (κ2) is 8.39. The molecule has 0 fully saturated rings. The van der Waals surface area contributed by atoms with Gasteiger partial charge in [0.05, 0.1) is 46.9 Å². The number of benzene rings is 2. The van der Waals surface area contributed by atoms with E-state index in [9.17, 15) is 4.79 Å². The molecule has 0 atom stereocenters. The largest absolute Gasteiger partial charge is 0.496 e. The van der Waals surface area contributed by atoms with Crippen LogP contribution in [0.2, 0.25) is 0 Å². The fourth-order valence-electron chi connectivity index (χ4n) is 3.46. The Morgan fingerprint density at radius 2 is 1.61 bits per heavy atom. The highest BCUT2D eigenvalue weighted by Gasteiger charge is 2.17. The standard InChI is InChI=1S/C22H22N4O5/c1-28-16-8-6-5-7-14(16)15-11-23-20-21(24-15)26(22(27)25-20)12-13-9-17(29-2)19(31-4)18(10-13)30-3/h5-11H,12H2,1-4H3,(H,23,25,27). The molecule has 0 aliphatic heterocycles. The van der Waals surface area contributed by atoms with Crippen LogP contribution in [0.25, 0.3) is 22.6 Å². The minimum atomic E-state index is -0.319. The van der Waals surface area contributed by atoms with Crippen LogP contribution in [0.15, 0.2) is 47.4 Å². The molecule has 0 unspecified atom stereocenters. The number of rotatable bonds is 7. The first kappa shape index (κ1) is 20.3. The number of imidazole rings is 1. The summed E-state index contributed by atoms with van der Waals surface area (Å²) in [4.78, 5) is 24.5. The molecule has 1 N–H and O–H groups in total. The van der Waals surface area contributed by atoms with E-state index in [1.54, 1.807) is 46.8 Å². The molecule has 0 amide bonds. The van der Waals surface area contributed by atoms with Crippen molar-refractivity contribution in [2.75, 3.05) is 28.4 Å². The summed E-state index contributed by atoms with van der Waals surface area (Å²) >= 11 is 0. The van der Waals surface area contributed by atoms with Gasteiger partial charge in [-0.3, -0.25) is 9.55 Å². The Bertz CT molecular complexity index is 1270. The predicted molar refractivity (Wildman–Crippen MR) is 115 cm³/mol. The average molecular weight is 422 g/mol. The molecule has 0 spiro atoms. The summed E-state index contributed by atoms with van der Waals surface area (Å²) in [5.41, 5.74) is 2.68. The Morgan fingerprint density at radius 3 is 2.26 bits per heavy atom. The fraction of sp³-hybridized carbons (Fsp3) is 0.227. The highest BCUT2D eigenvalue weighted by atomic mass is 16.5. The minimum absolute atomic E-state index is 0.236. The molecule has 31 heavy (non-hydrogen) atoms. The first-order valence-corrected chi connectivity index (χ1v) is 9.47. The summed E-state index contributed by atoms with van der Waals surface area (Å²) in [5.74, 6) is 2.17. The van der Waals surface area contributed by atoms with Gasteiger partial charge in [-0.25, -0.2) is 14.8 Å². The molecular weight excluding hydrogens is 400 g/mol. The summed E-state index contributed by atoms with van der Waals surface area (Å²) < 4.78 is 23.2. The van der Waals surface area contributed by atoms with E-state index in [0.29, 0.717) is 40.0 Å². The second-order valence-corrected chi connectivity index (χ2v) is 6.68. The Hall–Kier alpha value is -4.01. The lowest BCUT2D eigenvalue weighted by atomic mass is 10.1. The Kier molecular flexibility index (Phi) is 5.48. The van der Waals surface area contributed by atoms with Crippen LogP contribution in [0.1, 0.15) is 5.56 Å². The topological polar surface area (TPSA) is 100 Å². The quantitative estimate of drug-likeness (QED) is 0.489. The van der Waals surface area contributed by atoms with Gasteiger partial charge in [-0.15, -0.1) is 0 Å². The number of ether oxygens (including phenoxy) is 4. The first-order valence-electron chi connectivity index (χ1n) is 9.47. The number of aromatic nitrogens is 4. The lowest BCUT2D eigenvalue weighted by Crippen LogP contribution is -2.18. The average Bonchev–Trinajstić information content (AvgIpc) is 3.12. The van der Waals surface area contributed by atoms with E-state index >= 15 is 0 Å². The summed E-state index contributed by atoms with van der Waals surface area (Å²) in [7, 11) is 6.23. The Labute approximate surface area is 178 Å². The van der Waals surface area contributed by atoms with Gasteiger partial charge in [0.2, 0.25) is 5.75 Å². The van der Waals surface area contributed by atoms with Gasteiger partial charge in [-0.1, -0.05) is 12.1 Å². The number of nitrogens with zero attached hydrogens (tertiary/aromatic N) is 3. The zero-order valence-corrected chi connectivity index (χ0v) is 17.6. The van der Waals surface area contributed by atoms with Crippen LogP contribution in [0, 0.1) is 0 Å². The molecule has 0 radical (unpaired) electrons. The smallest absolute Gasteiger partial charge is 0.329 e. The van der Waals surface area contributed by atoms with Crippen molar-refractivity contribution < 1.29 is 18.9 Å². The van der Waals surface area contributed by atoms with Crippen molar-refractivity contribution in [3.05, 3.63) is 58.6 Å². The SMILES string of the molecule is COc1ccccc1-c1cnc2[nH]c(=O)n(Cc3cc(OC)c(OC)c(OC)c3)c2n1. The fourth-order valence-corrected chi connectivity index (χ4v) is 3.46. The summed E-state index contributed by atoms with van der Waals surface area (Å²) in [6.07, 6.45) is 1.61. The number of hydrogen-bond donors (Lipinski definition) is 1. The number of fused-ring (bicyclic) bond motifs is 1. The summed E-state index contributed by atoms with van der Waals surface area (Å²) in [6, 6.07) is 11.1. The van der Waals surface area contributed by atoms with Crippen molar-refractivity contribution in [1.29, 1.82) is 0 Å². The van der Waals surface area contributed by atoms with E-state index in [0.717, 1.165) is 11.1 Å². The van der Waals surface area contributed by atoms with Crippen molar-refractivity contribution in [3.63, 3.8) is 0 Å². The number of aromatic amines is 1. The van der Waals surface area contributed by atoms with Crippen molar-refractivity contribution in [2.24, 2.45) is 0 Å². The number of H-pyrrole nitrogens is 1. The number of hydrogen-bond acceptors (Lipinski definition) is 7. The number of methoxy groups -OCH3 is 4. The molecule has 0 bridgehead atoms. The number of para-hydroxylation sites is 1. The first-order chi connectivity index (χ1) is 15.1. The third-order valence-electron chi connectivity index (χ3n) is 4.93. The van der Waals surface area contributed by atoms with Crippen LogP contribution >= 0.6 is 0 Å². The highest BCUT2D eigenvalue weighted by molar-refractivity contribution is 5.73. The monoisotopic (exact) mass is 422 g/mol. The van der Waals surface area contributed by atoms with Gasteiger partial charge in [-0.2, -0.15) is 0 Å². The maximum absolute atomic E-state index is 12.7. The maximum atomic E-state index is 12.7. The maximum Gasteiger partial charge on any atom is 0.329 e. The molecule has 9 heteroatoms. The van der Waals surface area contributed by atoms with E-state index in [1.807, 2.05) is 24.3 Å². The molecule has 0 aliphatic carbocycles. The lowest BCUT2D eigenvalue weighted by Gasteiger charge is -2.14. The van der Waals surface area contributed by atoms with Crippen molar-refractivity contribution in [2.45, 2.75) is 6.54 Å². The molecule has 4 aromatic rings. The molecule has 0 aliphatic rings. The molecule has 0 saturated carbocycles. The van der Waals surface area contributed by atoms with Gasteiger partial charge in [0.1, 0.15) is 5.75 Å². The molecule has 0 saturated heterocycles. The zero-order valence-electron chi connectivity index (χ0n) is 17.6. The second-order valence-electron chi connectivity index (χ2n) is 6.68. The Morgan fingerprint density at radius 1 is 0.935 bits per heavy atom. The minimum Gasteiger partial charge on any atom is -0.496 e. The molecule has 2 aromatic carbocycles. The normalized spacial score (nSPS) is 10.8. The van der Waals surface area contributed by atoms with Gasteiger partial charge in [0, 0.05) is 5.56 Å². The van der Waals surface area contributed by atoms with Gasteiger partial charge in [0.15, 0.2) is 22.8 Å². The van der Waals surface area contributed by atoms with Gasteiger partial charge in [-0.05, 0) is 29.8 Å². The van der Waals surface area contributed by atoms with E-state index in [2.05, 4.69) is 9.97 Å². The van der Waals surface area contributed by atoms with Crippen LogP contribution in [-0.2, 0) is 6.54 Å². The lowest BCUT2D eigenvalue weighted by molar-refractivity contribution is 0.323. The third-order valence-corrected chi connectivity index (χ3v) is 4.93. The van der Waals surface area contributed by atoms with E-state index in [4.69, 9.17) is 23.9 Å². The van der Waals surface area contributed by atoms with E-state index in [-0.39, 0.29) is 12.2 Å². The predicted octanol–water partition coefficient (Wildman–Crippen LogP) is 2.87. The molecule has 9 nitrogen and oxygen atoms in total. The van der Waals surface area contributed by atoms with Crippen LogP contribution in [0.5, 0.6) is 23.0 Å². The summed E-state index contributed by atoms with van der Waals surface area (Å²) in [6.45, 7) is 0.236. The zero-order chi connectivity index (χ0) is 22.0. The van der Waals surface area contributed by atoms with Crippen LogP contribution in [0.4, 0.5) is 0 Å². The van der Waals surface area contributed by atoms with Crippen LogP contribution < -0.4 is 24.6 Å². The van der Waals surface area contributed by atoms with Crippen LogP contribution in [0.3, 0.4) is 0 Å². The molecule has 4 rings (SSSR count). The van der Waals surface area contributed by atoms with Gasteiger partial charge in [0.25, 0.3) is 0 Å². The third kappa shape index (κ3) is 3.65. The van der Waals surface area contributed by atoms with Crippen LogP contribution in [-0.4, -0.2) is 48.0 Å². The molecule has 160 valence electrons. The van der Waals surface area contributed by atoms with Crippen molar-refractivity contribution >= 4 is 11.3 Å². The van der Waals surface area contributed by atoms with E-state index < -0.39 is 0 Å². The molecular formula is C22H22N4O5. The Balaban J connectivity index is 1.82. The summed E-state index contributed by atoms with van der Waals surface area (Å²) in [5, 5.41) is 0.